The number of halogens is 2. The van der Waals surface area contributed by atoms with E-state index in [1.807, 2.05) is 23.5 Å². The van der Waals surface area contributed by atoms with E-state index in [9.17, 15) is 4.79 Å². The van der Waals surface area contributed by atoms with Gasteiger partial charge in [0.25, 0.3) is 0 Å². The first-order chi connectivity index (χ1) is 12.7. The Bertz CT molecular complexity index is 633. The van der Waals surface area contributed by atoms with Gasteiger partial charge in [0.15, 0.2) is 0 Å². The molecule has 0 saturated heterocycles. The quantitative estimate of drug-likeness (QED) is 0.234. The Morgan fingerprint density at radius 2 is 1.38 bits per heavy atom. The van der Waals surface area contributed by atoms with Crippen LogP contribution in [0.1, 0.15) is 43.2 Å². The summed E-state index contributed by atoms with van der Waals surface area (Å²) in [6.07, 6.45) is 4.37. The molecule has 0 fully saturated rings. The van der Waals surface area contributed by atoms with E-state index in [1.165, 1.54) is 17.5 Å². The third-order valence-corrected chi connectivity index (χ3v) is 6.70. The summed E-state index contributed by atoms with van der Waals surface area (Å²) in [5, 5.41) is 9.41. The first kappa shape index (κ1) is 31.1. The number of rotatable bonds is 13. The minimum atomic E-state index is -0.683. The van der Waals surface area contributed by atoms with Crippen molar-refractivity contribution in [2.45, 2.75) is 48.9 Å². The van der Waals surface area contributed by atoms with Crippen molar-refractivity contribution in [3.63, 3.8) is 0 Å². The van der Waals surface area contributed by atoms with Crippen LogP contribution in [0.25, 0.3) is 0 Å². The van der Waals surface area contributed by atoms with E-state index >= 15 is 0 Å². The molecule has 0 aliphatic heterocycles. The van der Waals surface area contributed by atoms with Crippen LogP contribution in [0.2, 0.25) is 0 Å². The van der Waals surface area contributed by atoms with E-state index in [4.69, 9.17) is 5.11 Å². The van der Waals surface area contributed by atoms with Gasteiger partial charge < -0.3 is 5.11 Å². The van der Waals surface area contributed by atoms with Crippen LogP contribution in [-0.2, 0) is 37.4 Å². The van der Waals surface area contributed by atoms with Crippen LogP contribution >= 0.6 is 48.3 Å². The number of unbranched alkanes of at least 4 members (excludes halogenated alkanes) is 1. The molecule has 2 rings (SSSR count). The Morgan fingerprint density at radius 3 is 1.93 bits per heavy atom. The average Bonchev–Trinajstić information content (AvgIpc) is 2.67. The van der Waals surface area contributed by atoms with Crippen LogP contribution in [0, 0.1) is 0 Å². The molecule has 2 aromatic carbocycles. The van der Waals surface area contributed by atoms with Gasteiger partial charge in [0.2, 0.25) is 0 Å². The molecular formula is C22H30Cl2O2PtS2+2. The monoisotopic (exact) mass is 655 g/mol. The molecule has 0 amide bonds. The Kier molecular flexibility index (Phi) is 21.2. The van der Waals surface area contributed by atoms with E-state index in [0.29, 0.717) is 11.7 Å². The van der Waals surface area contributed by atoms with E-state index in [1.54, 1.807) is 0 Å². The summed E-state index contributed by atoms with van der Waals surface area (Å²) in [5.41, 5.74) is 2.75. The fourth-order valence-corrected chi connectivity index (χ4v) is 5.14. The van der Waals surface area contributed by atoms with Gasteiger partial charge in [-0.2, -0.15) is 23.5 Å². The molecule has 29 heavy (non-hydrogen) atoms. The van der Waals surface area contributed by atoms with Crippen LogP contribution < -0.4 is 0 Å². The molecule has 1 N–H and O–H groups in total. The number of carboxylic acid groups (broad SMARTS) is 1. The predicted molar refractivity (Wildman–Crippen MR) is 129 cm³/mol. The van der Waals surface area contributed by atoms with E-state index in [0.717, 1.165) is 36.5 Å². The van der Waals surface area contributed by atoms with Gasteiger partial charge in [-0.3, -0.25) is 4.79 Å². The van der Waals surface area contributed by atoms with Crippen molar-refractivity contribution < 1.29 is 31.0 Å². The largest absolute Gasteiger partial charge is 2.00 e. The third-order valence-electron chi connectivity index (χ3n) is 4.19. The SMILES string of the molecule is Cl.Cl.O=C(O)CCCCC(CCSCc1ccccc1)SCc1ccccc1.[Pt+2]. The average molecular weight is 657 g/mol. The number of carboxylic acids is 1. The Labute approximate surface area is 210 Å². The van der Waals surface area contributed by atoms with Crippen molar-refractivity contribution in [3.05, 3.63) is 71.8 Å². The standard InChI is InChI=1S/C22H28O2S2.2ClH.Pt/c23-22(24)14-8-7-13-21(26-18-20-11-5-2-6-12-20)15-16-25-17-19-9-3-1-4-10-19;;;/h1-6,9-12,21H,7-8,13-18H2,(H,23,24);2*1H;/q;;;+2. The molecule has 0 heterocycles. The Morgan fingerprint density at radius 1 is 0.828 bits per heavy atom. The first-order valence-electron chi connectivity index (χ1n) is 9.23. The molecule has 2 aromatic rings. The Balaban J connectivity index is 0. The second-order valence-corrected chi connectivity index (χ2v) is 8.78. The molecule has 0 aromatic heterocycles. The molecule has 0 aliphatic rings. The molecule has 7 heteroatoms. The number of carbonyl (C=O) groups is 1. The summed E-state index contributed by atoms with van der Waals surface area (Å²) in [5.74, 6) is 2.57. The molecule has 1 unspecified atom stereocenters. The maximum absolute atomic E-state index is 10.7. The van der Waals surface area contributed by atoms with Gasteiger partial charge in [-0.1, -0.05) is 67.1 Å². The number of aliphatic carboxylic acids is 1. The first-order valence-corrected chi connectivity index (χ1v) is 11.4. The molecule has 0 spiro atoms. The van der Waals surface area contributed by atoms with Gasteiger partial charge >= 0.3 is 27.0 Å². The zero-order chi connectivity index (χ0) is 18.5. The number of hydrogen-bond donors (Lipinski definition) is 1. The van der Waals surface area contributed by atoms with Crippen molar-refractivity contribution in [1.29, 1.82) is 0 Å². The summed E-state index contributed by atoms with van der Waals surface area (Å²) in [6.45, 7) is 0. The Hall–Kier alpha value is -0.122. The van der Waals surface area contributed by atoms with Crippen LogP contribution in [0.5, 0.6) is 0 Å². The second kappa shape index (κ2) is 19.8. The van der Waals surface area contributed by atoms with Gasteiger partial charge in [-0.05, 0) is 36.1 Å². The van der Waals surface area contributed by atoms with Gasteiger partial charge in [0, 0.05) is 23.2 Å². The van der Waals surface area contributed by atoms with Crippen molar-refractivity contribution >= 4 is 54.3 Å². The topological polar surface area (TPSA) is 37.3 Å². The van der Waals surface area contributed by atoms with Crippen LogP contribution in [0.4, 0.5) is 0 Å². The minimum Gasteiger partial charge on any atom is -0.481 e. The minimum absolute atomic E-state index is 0. The molecule has 0 aliphatic carbocycles. The molecule has 0 saturated carbocycles. The van der Waals surface area contributed by atoms with Crippen LogP contribution in [0.15, 0.2) is 60.7 Å². The zero-order valence-electron chi connectivity index (χ0n) is 16.3. The molecule has 0 bridgehead atoms. The second-order valence-electron chi connectivity index (χ2n) is 6.38. The van der Waals surface area contributed by atoms with Crippen LogP contribution in [0.3, 0.4) is 0 Å². The fourth-order valence-electron chi connectivity index (χ4n) is 2.73. The van der Waals surface area contributed by atoms with Crippen molar-refractivity contribution in [1.82, 2.24) is 0 Å². The summed E-state index contributed by atoms with van der Waals surface area (Å²) >= 11 is 4.01. The molecule has 0 radical (unpaired) electrons. The van der Waals surface area contributed by atoms with Crippen molar-refractivity contribution in [3.8, 4) is 0 Å². The summed E-state index contributed by atoms with van der Waals surface area (Å²) in [6, 6.07) is 21.2. The van der Waals surface area contributed by atoms with E-state index < -0.39 is 5.97 Å². The summed E-state index contributed by atoms with van der Waals surface area (Å²) < 4.78 is 0. The number of thioether (sulfide) groups is 2. The summed E-state index contributed by atoms with van der Waals surface area (Å²) in [7, 11) is 0. The van der Waals surface area contributed by atoms with Gasteiger partial charge in [-0.25, -0.2) is 0 Å². The maximum Gasteiger partial charge on any atom is 2.00 e. The van der Waals surface area contributed by atoms with Crippen LogP contribution in [-0.4, -0.2) is 22.1 Å². The third kappa shape index (κ3) is 15.3. The molecular weight excluding hydrogens is 626 g/mol. The molecule has 2 nitrogen and oxygen atoms in total. The molecule has 1 atom stereocenters. The number of hydrogen-bond acceptors (Lipinski definition) is 3. The summed E-state index contributed by atoms with van der Waals surface area (Å²) in [4.78, 5) is 10.7. The normalized spacial score (nSPS) is 10.8. The van der Waals surface area contributed by atoms with Gasteiger partial charge in [-0.15, -0.1) is 24.8 Å². The number of benzene rings is 2. The van der Waals surface area contributed by atoms with Gasteiger partial charge in [0.1, 0.15) is 0 Å². The molecule has 164 valence electrons. The van der Waals surface area contributed by atoms with Gasteiger partial charge in [0.05, 0.1) is 0 Å². The maximum atomic E-state index is 10.7. The zero-order valence-corrected chi connectivity index (χ0v) is 21.9. The smallest absolute Gasteiger partial charge is 0.481 e. The van der Waals surface area contributed by atoms with Crippen molar-refractivity contribution in [2.24, 2.45) is 0 Å². The van der Waals surface area contributed by atoms with E-state index in [2.05, 4.69) is 60.7 Å². The predicted octanol–water partition coefficient (Wildman–Crippen LogP) is 7.10. The fraction of sp³-hybridized carbons (Fsp3) is 0.409. The van der Waals surface area contributed by atoms with Crippen molar-refractivity contribution in [2.75, 3.05) is 5.75 Å². The van der Waals surface area contributed by atoms with E-state index in [-0.39, 0.29) is 45.9 Å².